The fraction of sp³-hybridized carbons (Fsp3) is 0.368. The molecule has 1 aliphatic carbocycles. The standard InChI is InChI=1S/C19H22N2O2S/c1-13-7-12-18(24-13)14(2)20-21-19(22)15-8-10-17(11-9-15)23-16-5-3-4-6-16/h7-12,16H,3-6H2,1-2H3,(H,21,22). The maximum absolute atomic E-state index is 12.2. The smallest absolute Gasteiger partial charge is 0.271 e. The van der Waals surface area contributed by atoms with E-state index in [9.17, 15) is 4.79 Å². The van der Waals surface area contributed by atoms with Crippen LogP contribution < -0.4 is 10.2 Å². The maximum atomic E-state index is 12.2. The first-order valence-electron chi connectivity index (χ1n) is 8.30. The second-order valence-corrected chi connectivity index (χ2v) is 7.39. The summed E-state index contributed by atoms with van der Waals surface area (Å²) in [5, 5.41) is 4.19. The molecule has 1 fully saturated rings. The summed E-state index contributed by atoms with van der Waals surface area (Å²) in [5.74, 6) is 0.613. The fourth-order valence-corrected chi connectivity index (χ4v) is 3.58. The zero-order valence-electron chi connectivity index (χ0n) is 14.0. The van der Waals surface area contributed by atoms with Gasteiger partial charge in [-0.05, 0) is 75.9 Å². The molecule has 5 heteroatoms. The Morgan fingerprint density at radius 2 is 1.88 bits per heavy atom. The summed E-state index contributed by atoms with van der Waals surface area (Å²) < 4.78 is 5.91. The third kappa shape index (κ3) is 4.23. The van der Waals surface area contributed by atoms with Gasteiger partial charge in [0.2, 0.25) is 0 Å². The Kier molecular flexibility index (Phi) is 5.30. The lowest BCUT2D eigenvalue weighted by atomic mass is 10.2. The molecule has 0 spiro atoms. The summed E-state index contributed by atoms with van der Waals surface area (Å²) >= 11 is 1.66. The number of nitrogens with zero attached hydrogens (tertiary/aromatic N) is 1. The van der Waals surface area contributed by atoms with Crippen LogP contribution in [-0.2, 0) is 0 Å². The number of hydrogen-bond donors (Lipinski definition) is 1. The quantitative estimate of drug-likeness (QED) is 0.641. The zero-order valence-corrected chi connectivity index (χ0v) is 14.9. The monoisotopic (exact) mass is 342 g/mol. The van der Waals surface area contributed by atoms with Crippen molar-refractivity contribution in [1.82, 2.24) is 5.43 Å². The Hall–Kier alpha value is -2.14. The highest BCUT2D eigenvalue weighted by atomic mass is 32.1. The van der Waals surface area contributed by atoms with Crippen LogP contribution in [0.25, 0.3) is 0 Å². The highest BCUT2D eigenvalue weighted by Gasteiger charge is 2.16. The fourth-order valence-electron chi connectivity index (χ4n) is 2.77. The second kappa shape index (κ2) is 7.62. The number of rotatable bonds is 5. The molecule has 1 aliphatic rings. The molecule has 0 atom stereocenters. The molecule has 0 radical (unpaired) electrons. The summed E-state index contributed by atoms with van der Waals surface area (Å²) in [6, 6.07) is 11.3. The lowest BCUT2D eigenvalue weighted by Crippen LogP contribution is -2.19. The van der Waals surface area contributed by atoms with Crippen molar-refractivity contribution in [2.75, 3.05) is 0 Å². The number of aryl methyl sites for hydroxylation is 1. The summed E-state index contributed by atoms with van der Waals surface area (Å²) in [4.78, 5) is 14.5. The van der Waals surface area contributed by atoms with Crippen LogP contribution in [0.3, 0.4) is 0 Å². The molecular weight excluding hydrogens is 320 g/mol. The number of hydrogen-bond acceptors (Lipinski definition) is 4. The Balaban J connectivity index is 1.58. The normalized spacial score (nSPS) is 15.5. The largest absolute Gasteiger partial charge is 0.490 e. The van der Waals surface area contributed by atoms with Crippen molar-refractivity contribution in [3.63, 3.8) is 0 Å². The average molecular weight is 342 g/mol. The van der Waals surface area contributed by atoms with Gasteiger partial charge in [0.05, 0.1) is 16.7 Å². The van der Waals surface area contributed by atoms with Gasteiger partial charge in [-0.1, -0.05) is 0 Å². The molecule has 4 nitrogen and oxygen atoms in total. The van der Waals surface area contributed by atoms with E-state index in [2.05, 4.69) is 17.5 Å². The van der Waals surface area contributed by atoms with Gasteiger partial charge in [0.1, 0.15) is 5.75 Å². The average Bonchev–Trinajstić information content (AvgIpc) is 3.24. The molecule has 1 N–H and O–H groups in total. The number of amides is 1. The Labute approximate surface area is 146 Å². The van der Waals surface area contributed by atoms with E-state index in [0.29, 0.717) is 11.7 Å². The summed E-state index contributed by atoms with van der Waals surface area (Å²) in [6.07, 6.45) is 5.06. The third-order valence-corrected chi connectivity index (χ3v) is 5.25. The topological polar surface area (TPSA) is 50.7 Å². The van der Waals surface area contributed by atoms with E-state index in [4.69, 9.17) is 4.74 Å². The van der Waals surface area contributed by atoms with Crippen molar-refractivity contribution in [2.45, 2.75) is 45.6 Å². The van der Waals surface area contributed by atoms with Gasteiger partial charge in [0, 0.05) is 10.4 Å². The minimum absolute atomic E-state index is 0.213. The molecule has 0 saturated heterocycles. The number of nitrogens with one attached hydrogen (secondary N) is 1. The van der Waals surface area contributed by atoms with Gasteiger partial charge in [-0.15, -0.1) is 11.3 Å². The third-order valence-electron chi connectivity index (χ3n) is 4.14. The first-order chi connectivity index (χ1) is 11.6. The molecule has 0 aliphatic heterocycles. The van der Waals surface area contributed by atoms with Crippen LogP contribution in [-0.4, -0.2) is 17.7 Å². The maximum Gasteiger partial charge on any atom is 0.271 e. The number of hydrazone groups is 1. The van der Waals surface area contributed by atoms with Crippen LogP contribution in [0.15, 0.2) is 41.5 Å². The van der Waals surface area contributed by atoms with Gasteiger partial charge in [-0.2, -0.15) is 5.10 Å². The SMILES string of the molecule is CC(=NNC(=O)c1ccc(OC2CCCC2)cc1)c1ccc(C)s1. The van der Waals surface area contributed by atoms with Gasteiger partial charge in [-0.25, -0.2) is 5.43 Å². The molecule has 1 aromatic carbocycles. The summed E-state index contributed by atoms with van der Waals surface area (Å²) in [6.45, 7) is 3.94. The predicted octanol–water partition coefficient (Wildman–Crippen LogP) is 4.53. The number of thiophene rings is 1. The van der Waals surface area contributed by atoms with Crippen molar-refractivity contribution in [2.24, 2.45) is 5.10 Å². The van der Waals surface area contributed by atoms with Crippen LogP contribution in [0.1, 0.15) is 52.7 Å². The summed E-state index contributed by atoms with van der Waals surface area (Å²) in [7, 11) is 0. The van der Waals surface area contributed by atoms with Gasteiger partial charge >= 0.3 is 0 Å². The number of benzene rings is 1. The highest BCUT2D eigenvalue weighted by Crippen LogP contribution is 2.24. The Bertz CT molecular complexity index is 728. The molecule has 1 amide bonds. The first-order valence-corrected chi connectivity index (χ1v) is 9.11. The van der Waals surface area contributed by atoms with Gasteiger partial charge in [0.25, 0.3) is 5.91 Å². The molecule has 3 rings (SSSR count). The number of carbonyl (C=O) groups is 1. The second-order valence-electron chi connectivity index (χ2n) is 6.10. The molecule has 1 aromatic heterocycles. The molecular formula is C19H22N2O2S. The highest BCUT2D eigenvalue weighted by molar-refractivity contribution is 7.14. The van der Waals surface area contributed by atoms with Crippen molar-refractivity contribution in [1.29, 1.82) is 0 Å². The molecule has 0 unspecified atom stereocenters. The van der Waals surface area contributed by atoms with Crippen molar-refractivity contribution >= 4 is 23.0 Å². The minimum Gasteiger partial charge on any atom is -0.490 e. The molecule has 1 heterocycles. The van der Waals surface area contributed by atoms with Crippen LogP contribution in [0.5, 0.6) is 5.75 Å². The van der Waals surface area contributed by atoms with E-state index in [1.165, 1.54) is 17.7 Å². The Morgan fingerprint density at radius 1 is 1.17 bits per heavy atom. The molecule has 2 aromatic rings. The lowest BCUT2D eigenvalue weighted by Gasteiger charge is -2.13. The van der Waals surface area contributed by atoms with Gasteiger partial charge in [0.15, 0.2) is 0 Å². The van der Waals surface area contributed by atoms with E-state index < -0.39 is 0 Å². The molecule has 126 valence electrons. The van der Waals surface area contributed by atoms with Crippen LogP contribution in [0, 0.1) is 6.92 Å². The van der Waals surface area contributed by atoms with E-state index >= 15 is 0 Å². The van der Waals surface area contributed by atoms with Crippen LogP contribution in [0.4, 0.5) is 0 Å². The molecule has 24 heavy (non-hydrogen) atoms. The lowest BCUT2D eigenvalue weighted by molar-refractivity contribution is 0.0955. The van der Waals surface area contributed by atoms with E-state index in [-0.39, 0.29) is 5.91 Å². The number of carbonyl (C=O) groups excluding carboxylic acids is 1. The van der Waals surface area contributed by atoms with Crippen LogP contribution >= 0.6 is 11.3 Å². The van der Waals surface area contributed by atoms with E-state index in [1.807, 2.05) is 31.2 Å². The minimum atomic E-state index is -0.213. The van der Waals surface area contributed by atoms with Crippen molar-refractivity contribution < 1.29 is 9.53 Å². The van der Waals surface area contributed by atoms with Gasteiger partial charge < -0.3 is 4.74 Å². The van der Waals surface area contributed by atoms with E-state index in [1.54, 1.807) is 23.5 Å². The first kappa shape index (κ1) is 16.7. The number of ether oxygens (including phenoxy) is 1. The van der Waals surface area contributed by atoms with Gasteiger partial charge in [-0.3, -0.25) is 4.79 Å². The summed E-state index contributed by atoms with van der Waals surface area (Å²) in [5.41, 5.74) is 4.00. The Morgan fingerprint density at radius 3 is 2.50 bits per heavy atom. The predicted molar refractivity (Wildman–Crippen MR) is 98.1 cm³/mol. The van der Waals surface area contributed by atoms with E-state index in [0.717, 1.165) is 29.2 Å². The zero-order chi connectivity index (χ0) is 16.9. The van der Waals surface area contributed by atoms with Crippen molar-refractivity contribution in [3.05, 3.63) is 51.7 Å². The van der Waals surface area contributed by atoms with Crippen LogP contribution in [0.2, 0.25) is 0 Å². The molecule has 0 bridgehead atoms. The molecule has 1 saturated carbocycles. The van der Waals surface area contributed by atoms with Crippen molar-refractivity contribution in [3.8, 4) is 5.75 Å².